The quantitative estimate of drug-likeness (QED) is 0.883. The van der Waals surface area contributed by atoms with Crippen molar-refractivity contribution in [3.05, 3.63) is 20.8 Å². The number of carbonyl (C=O) groups is 1. The minimum Gasteiger partial charge on any atom is -0.379 e. The molecule has 0 bridgehead atoms. The SMILES string of the molecule is NC1(C(=O)NCc2cc(Br)cs2)CCOC1. The molecule has 1 atom stereocenters. The first-order valence-electron chi connectivity index (χ1n) is 4.98. The molecule has 16 heavy (non-hydrogen) atoms. The highest BCUT2D eigenvalue weighted by Gasteiger charge is 2.37. The minimum atomic E-state index is -0.839. The lowest BCUT2D eigenvalue weighted by molar-refractivity contribution is -0.126. The second-order valence-corrected chi connectivity index (χ2v) is 5.78. The molecule has 1 aromatic heterocycles. The van der Waals surface area contributed by atoms with Gasteiger partial charge >= 0.3 is 0 Å². The molecule has 1 aliphatic heterocycles. The Morgan fingerprint density at radius 2 is 2.56 bits per heavy atom. The van der Waals surface area contributed by atoms with Gasteiger partial charge in [-0.05, 0) is 28.4 Å². The monoisotopic (exact) mass is 304 g/mol. The van der Waals surface area contributed by atoms with Gasteiger partial charge in [0.25, 0.3) is 0 Å². The normalized spacial score (nSPS) is 24.6. The average Bonchev–Trinajstić information content (AvgIpc) is 2.85. The number of amides is 1. The van der Waals surface area contributed by atoms with E-state index in [1.807, 2.05) is 11.4 Å². The number of rotatable bonds is 3. The molecule has 0 aliphatic carbocycles. The maximum absolute atomic E-state index is 11.8. The second kappa shape index (κ2) is 4.83. The molecule has 0 saturated carbocycles. The smallest absolute Gasteiger partial charge is 0.242 e. The maximum atomic E-state index is 11.8. The predicted octanol–water partition coefficient (Wildman–Crippen LogP) is 1.24. The molecule has 1 aliphatic rings. The number of nitrogens with two attached hydrogens (primary N) is 1. The van der Waals surface area contributed by atoms with Gasteiger partial charge in [-0.2, -0.15) is 0 Å². The van der Waals surface area contributed by atoms with Gasteiger partial charge in [0.1, 0.15) is 5.54 Å². The third kappa shape index (κ3) is 2.63. The summed E-state index contributed by atoms with van der Waals surface area (Å²) in [5.74, 6) is -0.130. The summed E-state index contributed by atoms with van der Waals surface area (Å²) in [6.45, 7) is 1.40. The Bertz CT molecular complexity index is 388. The highest BCUT2D eigenvalue weighted by molar-refractivity contribution is 9.10. The molecule has 6 heteroatoms. The fraction of sp³-hybridized carbons (Fsp3) is 0.500. The van der Waals surface area contributed by atoms with E-state index in [4.69, 9.17) is 10.5 Å². The van der Waals surface area contributed by atoms with Crippen molar-refractivity contribution in [3.63, 3.8) is 0 Å². The molecule has 0 radical (unpaired) electrons. The van der Waals surface area contributed by atoms with Crippen molar-refractivity contribution in [1.29, 1.82) is 0 Å². The highest BCUT2D eigenvalue weighted by Crippen LogP contribution is 2.20. The number of thiophene rings is 1. The van der Waals surface area contributed by atoms with Crippen LogP contribution in [0.3, 0.4) is 0 Å². The van der Waals surface area contributed by atoms with Gasteiger partial charge in [0.05, 0.1) is 13.2 Å². The molecule has 3 N–H and O–H groups in total. The predicted molar refractivity (Wildman–Crippen MR) is 66.2 cm³/mol. The van der Waals surface area contributed by atoms with Crippen LogP contribution in [0.5, 0.6) is 0 Å². The van der Waals surface area contributed by atoms with E-state index in [9.17, 15) is 4.79 Å². The minimum absolute atomic E-state index is 0.130. The number of ether oxygens (including phenoxy) is 1. The zero-order valence-corrected chi connectivity index (χ0v) is 11.1. The molecule has 1 unspecified atom stereocenters. The van der Waals surface area contributed by atoms with E-state index in [2.05, 4.69) is 21.2 Å². The van der Waals surface area contributed by atoms with Gasteiger partial charge in [0, 0.05) is 21.3 Å². The van der Waals surface area contributed by atoms with Crippen LogP contribution in [-0.2, 0) is 16.1 Å². The summed E-state index contributed by atoms with van der Waals surface area (Å²) in [6, 6.07) is 1.99. The van der Waals surface area contributed by atoms with Crippen LogP contribution in [0, 0.1) is 0 Å². The van der Waals surface area contributed by atoms with E-state index >= 15 is 0 Å². The standard InChI is InChI=1S/C10H13BrN2O2S/c11-7-3-8(16-5-7)4-13-9(14)10(12)1-2-15-6-10/h3,5H,1-2,4,6,12H2,(H,13,14). The molecule has 0 aromatic carbocycles. The molecule has 1 amide bonds. The highest BCUT2D eigenvalue weighted by atomic mass is 79.9. The van der Waals surface area contributed by atoms with E-state index in [-0.39, 0.29) is 5.91 Å². The molecule has 2 heterocycles. The van der Waals surface area contributed by atoms with Gasteiger partial charge in [-0.15, -0.1) is 11.3 Å². The Balaban J connectivity index is 1.88. The van der Waals surface area contributed by atoms with E-state index in [1.54, 1.807) is 11.3 Å². The van der Waals surface area contributed by atoms with E-state index in [1.165, 1.54) is 0 Å². The van der Waals surface area contributed by atoms with Crippen LogP contribution in [0.4, 0.5) is 0 Å². The number of carbonyl (C=O) groups excluding carboxylic acids is 1. The lowest BCUT2D eigenvalue weighted by Gasteiger charge is -2.20. The van der Waals surface area contributed by atoms with Gasteiger partial charge in [-0.25, -0.2) is 0 Å². The number of hydrogen-bond donors (Lipinski definition) is 2. The molecule has 2 rings (SSSR count). The first-order chi connectivity index (χ1) is 7.60. The van der Waals surface area contributed by atoms with Crippen LogP contribution in [-0.4, -0.2) is 24.7 Å². The average molecular weight is 305 g/mol. The zero-order chi connectivity index (χ0) is 11.6. The van der Waals surface area contributed by atoms with Crippen LogP contribution in [0.15, 0.2) is 15.9 Å². The van der Waals surface area contributed by atoms with Crippen LogP contribution in [0.25, 0.3) is 0 Å². The van der Waals surface area contributed by atoms with E-state index in [0.29, 0.717) is 26.2 Å². The fourth-order valence-electron chi connectivity index (χ4n) is 1.55. The molecular formula is C10H13BrN2O2S. The fourth-order valence-corrected chi connectivity index (χ4v) is 2.94. The van der Waals surface area contributed by atoms with Crippen molar-refractivity contribution in [2.24, 2.45) is 5.73 Å². The molecular weight excluding hydrogens is 292 g/mol. The summed E-state index contributed by atoms with van der Waals surface area (Å²) in [6.07, 6.45) is 0.590. The van der Waals surface area contributed by atoms with Crippen LogP contribution in [0.2, 0.25) is 0 Å². The van der Waals surface area contributed by atoms with Gasteiger partial charge in [-0.3, -0.25) is 4.79 Å². The molecule has 1 fully saturated rings. The maximum Gasteiger partial charge on any atom is 0.242 e. The molecule has 1 aromatic rings. The first kappa shape index (κ1) is 12.0. The van der Waals surface area contributed by atoms with Crippen molar-refractivity contribution in [1.82, 2.24) is 5.32 Å². The Morgan fingerprint density at radius 3 is 3.12 bits per heavy atom. The van der Waals surface area contributed by atoms with Crippen molar-refractivity contribution < 1.29 is 9.53 Å². The van der Waals surface area contributed by atoms with Crippen molar-refractivity contribution in [2.45, 2.75) is 18.5 Å². The van der Waals surface area contributed by atoms with Gasteiger partial charge in [-0.1, -0.05) is 0 Å². The summed E-state index contributed by atoms with van der Waals surface area (Å²) < 4.78 is 6.18. The molecule has 0 spiro atoms. The van der Waals surface area contributed by atoms with Gasteiger partial charge in [0.2, 0.25) is 5.91 Å². The van der Waals surface area contributed by atoms with E-state index < -0.39 is 5.54 Å². The molecule has 1 saturated heterocycles. The van der Waals surface area contributed by atoms with Crippen LogP contribution in [0.1, 0.15) is 11.3 Å². The van der Waals surface area contributed by atoms with Gasteiger partial charge < -0.3 is 15.8 Å². The Kier molecular flexibility index (Phi) is 3.63. The summed E-state index contributed by atoms with van der Waals surface area (Å²) in [5, 5.41) is 4.82. The molecule has 88 valence electrons. The Hall–Kier alpha value is -0.430. The third-order valence-corrected chi connectivity index (χ3v) is 4.25. The largest absolute Gasteiger partial charge is 0.379 e. The Morgan fingerprint density at radius 1 is 1.75 bits per heavy atom. The number of nitrogens with one attached hydrogen (secondary N) is 1. The number of hydrogen-bond acceptors (Lipinski definition) is 4. The van der Waals surface area contributed by atoms with Crippen LogP contribution >= 0.6 is 27.3 Å². The lowest BCUT2D eigenvalue weighted by atomic mass is 9.99. The molecule has 4 nitrogen and oxygen atoms in total. The second-order valence-electron chi connectivity index (χ2n) is 3.87. The van der Waals surface area contributed by atoms with Gasteiger partial charge in [0.15, 0.2) is 0 Å². The topological polar surface area (TPSA) is 64.4 Å². The van der Waals surface area contributed by atoms with Crippen molar-refractivity contribution in [3.8, 4) is 0 Å². The summed E-state index contributed by atoms with van der Waals surface area (Å²) in [5.41, 5.74) is 5.09. The zero-order valence-electron chi connectivity index (χ0n) is 8.66. The first-order valence-corrected chi connectivity index (χ1v) is 6.65. The lowest BCUT2D eigenvalue weighted by Crippen LogP contribution is -2.54. The van der Waals surface area contributed by atoms with Crippen molar-refractivity contribution >= 4 is 33.2 Å². The summed E-state index contributed by atoms with van der Waals surface area (Å²) in [7, 11) is 0. The summed E-state index contributed by atoms with van der Waals surface area (Å²) in [4.78, 5) is 12.9. The third-order valence-electron chi connectivity index (χ3n) is 2.55. The summed E-state index contributed by atoms with van der Waals surface area (Å²) >= 11 is 4.97. The van der Waals surface area contributed by atoms with Crippen molar-refractivity contribution in [2.75, 3.05) is 13.2 Å². The number of halogens is 1. The Labute approximate surface area is 106 Å². The van der Waals surface area contributed by atoms with E-state index in [0.717, 1.165) is 9.35 Å². The van der Waals surface area contributed by atoms with Crippen LogP contribution < -0.4 is 11.1 Å².